The van der Waals surface area contributed by atoms with Gasteiger partial charge in [0.05, 0.1) is 16.6 Å². The van der Waals surface area contributed by atoms with Gasteiger partial charge in [0.25, 0.3) is 11.8 Å². The fraction of sp³-hybridized carbons (Fsp3) is 0.130. The van der Waals surface area contributed by atoms with Crippen LogP contribution in [-0.2, 0) is 11.2 Å². The smallest absolute Gasteiger partial charge is 0.276 e. The molecule has 32 heavy (non-hydrogen) atoms. The molecule has 0 spiro atoms. The number of amides is 2. The molecule has 9 heteroatoms. The van der Waals surface area contributed by atoms with E-state index in [0.717, 1.165) is 10.0 Å². The SMILES string of the molecule is O=C(COc1ccc(Br)cc1Br)NNC(=O)c1cc(Br)ccc1OCCc1ccccc1. The zero-order chi connectivity index (χ0) is 22.9. The summed E-state index contributed by atoms with van der Waals surface area (Å²) in [5, 5.41) is 0. The summed E-state index contributed by atoms with van der Waals surface area (Å²) in [5.74, 6) is -0.0735. The van der Waals surface area contributed by atoms with E-state index in [-0.39, 0.29) is 6.61 Å². The number of ether oxygens (including phenoxy) is 2. The van der Waals surface area contributed by atoms with Crippen LogP contribution in [0.2, 0.25) is 0 Å². The highest BCUT2D eigenvalue weighted by atomic mass is 79.9. The number of nitrogens with one attached hydrogen (secondary N) is 2. The molecular weight excluding hydrogens is 608 g/mol. The molecule has 2 N–H and O–H groups in total. The van der Waals surface area contributed by atoms with Crippen molar-refractivity contribution in [3.63, 3.8) is 0 Å². The van der Waals surface area contributed by atoms with Gasteiger partial charge in [-0.1, -0.05) is 62.2 Å². The van der Waals surface area contributed by atoms with Gasteiger partial charge in [0.2, 0.25) is 0 Å². The number of carbonyl (C=O) groups excluding carboxylic acids is 2. The number of carbonyl (C=O) groups is 2. The lowest BCUT2D eigenvalue weighted by molar-refractivity contribution is -0.123. The molecule has 0 aliphatic carbocycles. The van der Waals surface area contributed by atoms with Crippen LogP contribution in [0.15, 0.2) is 80.1 Å². The predicted molar refractivity (Wildman–Crippen MR) is 133 cm³/mol. The fourth-order valence-electron chi connectivity index (χ4n) is 2.69. The molecule has 0 unspecified atom stereocenters. The fourth-order valence-corrected chi connectivity index (χ4v) is 4.22. The maximum atomic E-state index is 12.6. The Balaban J connectivity index is 1.53. The summed E-state index contributed by atoms with van der Waals surface area (Å²) in [6.45, 7) is 0.146. The van der Waals surface area contributed by atoms with Crippen molar-refractivity contribution in [2.24, 2.45) is 0 Å². The van der Waals surface area contributed by atoms with Crippen molar-refractivity contribution >= 4 is 59.6 Å². The van der Waals surface area contributed by atoms with Crippen molar-refractivity contribution in [3.8, 4) is 11.5 Å². The molecule has 3 rings (SSSR count). The molecule has 166 valence electrons. The summed E-state index contributed by atoms with van der Waals surface area (Å²) in [6, 6.07) is 20.4. The number of rotatable bonds is 8. The van der Waals surface area contributed by atoms with Gasteiger partial charge in [-0.05, 0) is 57.9 Å². The second-order valence-corrected chi connectivity index (χ2v) is 9.28. The van der Waals surface area contributed by atoms with Gasteiger partial charge in [0.1, 0.15) is 11.5 Å². The quantitative estimate of drug-likeness (QED) is 0.327. The second-order valence-electron chi connectivity index (χ2n) is 6.59. The average molecular weight is 627 g/mol. The zero-order valence-corrected chi connectivity index (χ0v) is 21.5. The number of hydrogen-bond acceptors (Lipinski definition) is 4. The van der Waals surface area contributed by atoms with Gasteiger partial charge in [-0.3, -0.25) is 20.4 Å². The second kappa shape index (κ2) is 12.0. The number of hydrogen-bond donors (Lipinski definition) is 2. The van der Waals surface area contributed by atoms with Gasteiger partial charge in [0, 0.05) is 15.4 Å². The van der Waals surface area contributed by atoms with Crippen molar-refractivity contribution in [2.45, 2.75) is 6.42 Å². The van der Waals surface area contributed by atoms with Gasteiger partial charge in [0.15, 0.2) is 6.61 Å². The summed E-state index contributed by atoms with van der Waals surface area (Å²) < 4.78 is 13.6. The standard InChI is InChI=1S/C23H19Br3N2O4/c24-16-6-8-20(31-11-10-15-4-2-1-3-5-15)18(12-16)23(30)28-27-22(29)14-32-21-9-7-17(25)13-19(21)26/h1-9,12-13H,10-11,14H2,(H,27,29)(H,28,30). The van der Waals surface area contributed by atoms with E-state index in [1.165, 1.54) is 0 Å². The third-order valence-electron chi connectivity index (χ3n) is 4.25. The summed E-state index contributed by atoms with van der Waals surface area (Å²) in [7, 11) is 0. The van der Waals surface area contributed by atoms with Crippen LogP contribution in [0.25, 0.3) is 0 Å². The highest BCUT2D eigenvalue weighted by molar-refractivity contribution is 9.11. The molecule has 3 aromatic rings. The molecule has 0 aromatic heterocycles. The Hall–Kier alpha value is -2.36. The molecule has 0 aliphatic rings. The van der Waals surface area contributed by atoms with Gasteiger partial charge in [-0.25, -0.2) is 0 Å². The molecular formula is C23H19Br3N2O4. The van der Waals surface area contributed by atoms with E-state index in [1.54, 1.807) is 30.3 Å². The first-order valence-corrected chi connectivity index (χ1v) is 11.9. The van der Waals surface area contributed by atoms with Crippen LogP contribution in [-0.4, -0.2) is 25.0 Å². The maximum absolute atomic E-state index is 12.6. The van der Waals surface area contributed by atoms with E-state index < -0.39 is 11.8 Å². The molecule has 0 atom stereocenters. The van der Waals surface area contributed by atoms with Gasteiger partial charge < -0.3 is 9.47 Å². The third-order valence-corrected chi connectivity index (χ3v) is 5.85. The number of hydrazine groups is 1. The monoisotopic (exact) mass is 624 g/mol. The minimum absolute atomic E-state index is 0.264. The molecule has 0 bridgehead atoms. The molecule has 0 heterocycles. The van der Waals surface area contributed by atoms with Gasteiger partial charge in [-0.2, -0.15) is 0 Å². The first-order valence-electron chi connectivity index (χ1n) is 9.55. The van der Waals surface area contributed by atoms with Crippen molar-refractivity contribution in [2.75, 3.05) is 13.2 Å². The van der Waals surface area contributed by atoms with Crippen LogP contribution >= 0.6 is 47.8 Å². The van der Waals surface area contributed by atoms with Crippen LogP contribution in [0.5, 0.6) is 11.5 Å². The number of benzene rings is 3. The van der Waals surface area contributed by atoms with Crippen molar-refractivity contribution in [3.05, 3.63) is 91.3 Å². The van der Waals surface area contributed by atoms with Crippen LogP contribution in [0, 0.1) is 0 Å². The predicted octanol–water partition coefficient (Wildman–Crippen LogP) is 5.44. The Kier molecular flexibility index (Phi) is 9.13. The van der Waals surface area contributed by atoms with E-state index in [0.29, 0.717) is 39.0 Å². The summed E-state index contributed by atoms with van der Waals surface area (Å²) in [4.78, 5) is 24.7. The first-order chi connectivity index (χ1) is 15.4. The highest BCUT2D eigenvalue weighted by Crippen LogP contribution is 2.28. The summed E-state index contributed by atoms with van der Waals surface area (Å²) in [5.41, 5.74) is 6.18. The minimum atomic E-state index is -0.505. The van der Waals surface area contributed by atoms with Crippen molar-refractivity contribution in [1.82, 2.24) is 10.9 Å². The minimum Gasteiger partial charge on any atom is -0.492 e. The molecule has 3 aromatic carbocycles. The van der Waals surface area contributed by atoms with Crippen LogP contribution < -0.4 is 20.3 Å². The number of halogens is 3. The van der Waals surface area contributed by atoms with E-state index in [2.05, 4.69) is 58.6 Å². The van der Waals surface area contributed by atoms with E-state index >= 15 is 0 Å². The Bertz CT molecular complexity index is 1090. The first kappa shape index (κ1) is 24.3. The van der Waals surface area contributed by atoms with Crippen molar-refractivity contribution in [1.29, 1.82) is 0 Å². The Morgan fingerprint density at radius 1 is 0.781 bits per heavy atom. The lowest BCUT2D eigenvalue weighted by atomic mass is 10.1. The average Bonchev–Trinajstić information content (AvgIpc) is 2.78. The topological polar surface area (TPSA) is 76.7 Å². The molecule has 6 nitrogen and oxygen atoms in total. The van der Waals surface area contributed by atoms with E-state index in [9.17, 15) is 9.59 Å². The lowest BCUT2D eigenvalue weighted by Crippen LogP contribution is -2.44. The molecule has 2 amide bonds. The molecule has 0 saturated heterocycles. The molecule has 0 aliphatic heterocycles. The summed E-state index contributed by atoms with van der Waals surface area (Å²) in [6.07, 6.45) is 0.706. The summed E-state index contributed by atoms with van der Waals surface area (Å²) >= 11 is 10.1. The largest absolute Gasteiger partial charge is 0.492 e. The Labute approximate surface area is 211 Å². The molecule has 0 saturated carbocycles. The molecule has 0 fully saturated rings. The lowest BCUT2D eigenvalue weighted by Gasteiger charge is -2.13. The van der Waals surface area contributed by atoms with Crippen LogP contribution in [0.4, 0.5) is 0 Å². The van der Waals surface area contributed by atoms with Crippen molar-refractivity contribution < 1.29 is 19.1 Å². The normalized spacial score (nSPS) is 10.3. The van der Waals surface area contributed by atoms with E-state index in [4.69, 9.17) is 9.47 Å². The van der Waals surface area contributed by atoms with Crippen LogP contribution in [0.3, 0.4) is 0 Å². The van der Waals surface area contributed by atoms with E-state index in [1.807, 2.05) is 36.4 Å². The maximum Gasteiger partial charge on any atom is 0.276 e. The van der Waals surface area contributed by atoms with Crippen LogP contribution in [0.1, 0.15) is 15.9 Å². The van der Waals surface area contributed by atoms with Gasteiger partial charge >= 0.3 is 0 Å². The Morgan fingerprint density at radius 3 is 2.19 bits per heavy atom. The zero-order valence-electron chi connectivity index (χ0n) is 16.7. The third kappa shape index (κ3) is 7.36. The molecule has 0 radical (unpaired) electrons. The van der Waals surface area contributed by atoms with Gasteiger partial charge in [-0.15, -0.1) is 0 Å². The highest BCUT2D eigenvalue weighted by Gasteiger charge is 2.15. The Morgan fingerprint density at radius 2 is 1.47 bits per heavy atom.